The Morgan fingerprint density at radius 3 is 2.80 bits per heavy atom. The molecule has 0 aliphatic carbocycles. The van der Waals surface area contributed by atoms with Gasteiger partial charge < -0.3 is 15.0 Å². The second-order valence-electron chi connectivity index (χ2n) is 9.60. The van der Waals surface area contributed by atoms with E-state index in [0.29, 0.717) is 23.8 Å². The molecular formula is C26H29FN6O2. The molecule has 2 aliphatic rings. The lowest BCUT2D eigenvalue weighted by molar-refractivity contribution is -0.133. The van der Waals surface area contributed by atoms with Crippen molar-refractivity contribution in [2.75, 3.05) is 19.0 Å². The normalized spacial score (nSPS) is 22.0. The van der Waals surface area contributed by atoms with Gasteiger partial charge in [0.25, 0.3) is 0 Å². The summed E-state index contributed by atoms with van der Waals surface area (Å²) in [5.74, 6) is 0.563. The van der Waals surface area contributed by atoms with Crippen molar-refractivity contribution in [3.05, 3.63) is 59.4 Å². The summed E-state index contributed by atoms with van der Waals surface area (Å²) < 4.78 is 19.6. The first-order chi connectivity index (χ1) is 16.8. The largest absolute Gasteiger partial charge is 0.481 e. The van der Waals surface area contributed by atoms with Crippen LogP contribution in [0.5, 0.6) is 5.88 Å². The predicted molar refractivity (Wildman–Crippen MR) is 130 cm³/mol. The molecule has 0 saturated carbocycles. The minimum Gasteiger partial charge on any atom is -0.481 e. The van der Waals surface area contributed by atoms with Gasteiger partial charge in [0, 0.05) is 42.2 Å². The van der Waals surface area contributed by atoms with Crippen LogP contribution in [0.2, 0.25) is 0 Å². The van der Waals surface area contributed by atoms with Crippen LogP contribution in [0.25, 0.3) is 11.4 Å². The number of nitrogens with one attached hydrogen (secondary N) is 1. The van der Waals surface area contributed by atoms with Crippen molar-refractivity contribution < 1.29 is 13.9 Å². The summed E-state index contributed by atoms with van der Waals surface area (Å²) in [5, 5.41) is 3.67. The Morgan fingerprint density at radius 1 is 1.29 bits per heavy atom. The first kappa shape index (κ1) is 23.1. The Labute approximate surface area is 204 Å². The molecular weight excluding hydrogens is 447 g/mol. The summed E-state index contributed by atoms with van der Waals surface area (Å²) in [5.41, 5.74) is 2.95. The maximum absolute atomic E-state index is 14.5. The molecule has 182 valence electrons. The molecule has 8 nitrogen and oxygen atoms in total. The molecule has 1 amide bonds. The molecule has 3 aromatic rings. The molecule has 3 aromatic heterocycles. The van der Waals surface area contributed by atoms with Crippen molar-refractivity contribution in [2.45, 2.75) is 57.5 Å². The van der Waals surface area contributed by atoms with Gasteiger partial charge in [-0.3, -0.25) is 4.79 Å². The molecule has 2 unspecified atom stereocenters. The third-order valence-corrected chi connectivity index (χ3v) is 7.24. The second kappa shape index (κ2) is 8.87. The van der Waals surface area contributed by atoms with Crippen LogP contribution in [0.1, 0.15) is 49.4 Å². The van der Waals surface area contributed by atoms with Gasteiger partial charge >= 0.3 is 0 Å². The molecule has 5 rings (SSSR count). The molecule has 1 N–H and O–H groups in total. The number of hydrogen-bond donors (Lipinski definition) is 1. The number of methoxy groups -OCH3 is 1. The predicted octanol–water partition coefficient (Wildman–Crippen LogP) is 3.91. The van der Waals surface area contributed by atoms with Crippen molar-refractivity contribution in [1.29, 1.82) is 0 Å². The maximum Gasteiger partial charge on any atom is 0.230 e. The minimum absolute atomic E-state index is 0.0175. The molecule has 9 heteroatoms. The van der Waals surface area contributed by atoms with E-state index >= 15 is 0 Å². The molecule has 1 saturated heterocycles. The van der Waals surface area contributed by atoms with Crippen molar-refractivity contribution in [3.8, 4) is 17.3 Å². The fraction of sp³-hybridized carbons (Fsp3) is 0.423. The van der Waals surface area contributed by atoms with E-state index in [0.717, 1.165) is 48.1 Å². The van der Waals surface area contributed by atoms with E-state index in [1.165, 1.54) is 13.2 Å². The number of anilines is 1. The highest BCUT2D eigenvalue weighted by Gasteiger charge is 2.47. The van der Waals surface area contributed by atoms with E-state index in [1.54, 1.807) is 25.4 Å². The summed E-state index contributed by atoms with van der Waals surface area (Å²) >= 11 is 0. The number of carbonyl (C=O) groups excluding carboxylic acids is 1. The number of halogens is 1. The van der Waals surface area contributed by atoms with Gasteiger partial charge in [-0.25, -0.2) is 24.3 Å². The van der Waals surface area contributed by atoms with E-state index < -0.39 is 11.7 Å². The summed E-state index contributed by atoms with van der Waals surface area (Å²) in [6, 6.07) is 5.44. The SMILES string of the molecule is COc1cc([C@@H](C)C(=O)N2CC3(CCc4cc(-c5ncccn5)c(C)nc4N3)CC2C)c(F)cn1. The number of hydrogen-bond acceptors (Lipinski definition) is 7. The number of aryl methyl sites for hydroxylation is 2. The van der Waals surface area contributed by atoms with Crippen molar-refractivity contribution >= 4 is 11.7 Å². The van der Waals surface area contributed by atoms with Crippen LogP contribution in [0, 0.1) is 12.7 Å². The highest BCUT2D eigenvalue weighted by molar-refractivity contribution is 5.84. The zero-order valence-corrected chi connectivity index (χ0v) is 20.4. The fourth-order valence-corrected chi connectivity index (χ4v) is 5.35. The standard InChI is InChI=1S/C26H29FN6O2/c1-15-12-26(14-33(15)25(34)16(2)19-11-22(35-4)30-13-21(19)27)7-6-18-10-20(17(3)31-23(18)32-26)24-28-8-5-9-29-24/h5,8-11,13,15-16H,6-7,12,14H2,1-4H3,(H,31,32)/t15?,16-,26?/m1/s1. The summed E-state index contributed by atoms with van der Waals surface area (Å²) in [7, 11) is 1.47. The van der Waals surface area contributed by atoms with E-state index in [1.807, 2.05) is 11.8 Å². The third-order valence-electron chi connectivity index (χ3n) is 7.24. The minimum atomic E-state index is -0.644. The van der Waals surface area contributed by atoms with E-state index in [2.05, 4.69) is 33.3 Å². The van der Waals surface area contributed by atoms with Crippen molar-refractivity contribution in [2.24, 2.45) is 0 Å². The lowest BCUT2D eigenvalue weighted by Gasteiger charge is -2.36. The first-order valence-corrected chi connectivity index (χ1v) is 11.9. The second-order valence-corrected chi connectivity index (χ2v) is 9.60. The Morgan fingerprint density at radius 2 is 2.06 bits per heavy atom. The Kier molecular flexibility index (Phi) is 5.86. The van der Waals surface area contributed by atoms with Gasteiger partial charge in [-0.15, -0.1) is 0 Å². The number of amides is 1. The van der Waals surface area contributed by atoms with Gasteiger partial charge in [0.05, 0.1) is 30.5 Å². The number of carbonyl (C=O) groups is 1. The van der Waals surface area contributed by atoms with Crippen LogP contribution in [-0.2, 0) is 11.2 Å². The van der Waals surface area contributed by atoms with E-state index in [9.17, 15) is 9.18 Å². The topological polar surface area (TPSA) is 93.1 Å². The Bertz CT molecular complexity index is 1270. The summed E-state index contributed by atoms with van der Waals surface area (Å²) in [6.07, 6.45) is 7.09. The van der Waals surface area contributed by atoms with Gasteiger partial charge in [0.2, 0.25) is 11.8 Å². The van der Waals surface area contributed by atoms with Gasteiger partial charge in [-0.1, -0.05) is 0 Å². The summed E-state index contributed by atoms with van der Waals surface area (Å²) in [4.78, 5) is 32.8. The monoisotopic (exact) mass is 476 g/mol. The molecule has 0 aromatic carbocycles. The quantitative estimate of drug-likeness (QED) is 0.610. The van der Waals surface area contributed by atoms with Crippen LogP contribution in [-0.4, -0.2) is 56.0 Å². The number of ether oxygens (including phenoxy) is 1. The molecule has 5 heterocycles. The zero-order valence-electron chi connectivity index (χ0n) is 20.4. The number of nitrogens with zero attached hydrogens (tertiary/aromatic N) is 5. The first-order valence-electron chi connectivity index (χ1n) is 11.9. The van der Waals surface area contributed by atoms with E-state index in [4.69, 9.17) is 9.72 Å². The highest BCUT2D eigenvalue weighted by Crippen LogP contribution is 2.41. The van der Waals surface area contributed by atoms with Crippen LogP contribution >= 0.6 is 0 Å². The van der Waals surface area contributed by atoms with Crippen molar-refractivity contribution in [3.63, 3.8) is 0 Å². The van der Waals surface area contributed by atoms with Gasteiger partial charge in [-0.05, 0) is 57.7 Å². The smallest absolute Gasteiger partial charge is 0.230 e. The molecule has 1 spiro atoms. The third kappa shape index (κ3) is 4.19. The number of likely N-dealkylation sites (tertiary alicyclic amines) is 1. The molecule has 2 aliphatic heterocycles. The average Bonchev–Trinajstić information content (AvgIpc) is 3.18. The van der Waals surface area contributed by atoms with E-state index in [-0.39, 0.29) is 17.5 Å². The average molecular weight is 477 g/mol. The van der Waals surface area contributed by atoms with Crippen molar-refractivity contribution in [1.82, 2.24) is 24.8 Å². The molecule has 0 radical (unpaired) electrons. The van der Waals surface area contributed by atoms with Gasteiger partial charge in [0.1, 0.15) is 11.6 Å². The molecule has 1 fully saturated rings. The number of aromatic nitrogens is 4. The lowest BCUT2D eigenvalue weighted by Crippen LogP contribution is -2.46. The van der Waals surface area contributed by atoms with Crippen LogP contribution < -0.4 is 10.1 Å². The lowest BCUT2D eigenvalue weighted by atomic mass is 9.85. The van der Waals surface area contributed by atoms with Crippen LogP contribution in [0.4, 0.5) is 10.2 Å². The molecule has 3 atom stereocenters. The Balaban J connectivity index is 1.37. The van der Waals surface area contributed by atoms with Crippen LogP contribution in [0.3, 0.4) is 0 Å². The number of fused-ring (bicyclic) bond motifs is 1. The highest BCUT2D eigenvalue weighted by atomic mass is 19.1. The fourth-order valence-electron chi connectivity index (χ4n) is 5.35. The number of pyridine rings is 2. The van der Waals surface area contributed by atoms with Gasteiger partial charge in [-0.2, -0.15) is 0 Å². The summed E-state index contributed by atoms with van der Waals surface area (Å²) in [6.45, 7) is 6.29. The number of rotatable bonds is 4. The molecule has 35 heavy (non-hydrogen) atoms. The molecule has 0 bridgehead atoms. The van der Waals surface area contributed by atoms with Crippen LogP contribution in [0.15, 0.2) is 36.8 Å². The van der Waals surface area contributed by atoms with Gasteiger partial charge in [0.15, 0.2) is 5.82 Å². The maximum atomic E-state index is 14.5. The zero-order chi connectivity index (χ0) is 24.7. The Hall–Kier alpha value is -3.62.